The van der Waals surface area contributed by atoms with E-state index < -0.39 is 0 Å². The molecule has 4 nitrogen and oxygen atoms in total. The van der Waals surface area contributed by atoms with Gasteiger partial charge >= 0.3 is 0 Å². The molecule has 0 atom stereocenters. The van der Waals surface area contributed by atoms with E-state index in [9.17, 15) is 0 Å². The molecule has 0 aliphatic carbocycles. The third-order valence-corrected chi connectivity index (χ3v) is 4.49. The third-order valence-electron chi connectivity index (χ3n) is 3.53. The van der Waals surface area contributed by atoms with Gasteiger partial charge in [-0.2, -0.15) is 0 Å². The van der Waals surface area contributed by atoms with E-state index in [1.807, 2.05) is 18.2 Å². The molecule has 2 aromatic heterocycles. The maximum absolute atomic E-state index is 5.59. The minimum atomic E-state index is 0.708. The Hall–Kier alpha value is -2.01. The molecule has 0 radical (unpaired) electrons. The van der Waals surface area contributed by atoms with Gasteiger partial charge in [0.25, 0.3) is 0 Å². The van der Waals surface area contributed by atoms with Gasteiger partial charge in [0.2, 0.25) is 5.88 Å². The molecule has 3 aromatic rings. The normalized spacial score (nSPS) is 11.0. The highest BCUT2D eigenvalue weighted by Gasteiger charge is 2.03. The van der Waals surface area contributed by atoms with Gasteiger partial charge in [0, 0.05) is 18.0 Å². The highest BCUT2D eigenvalue weighted by molar-refractivity contribution is 7.99. The van der Waals surface area contributed by atoms with Crippen molar-refractivity contribution in [2.24, 2.45) is 0 Å². The summed E-state index contributed by atoms with van der Waals surface area (Å²) in [5.74, 6) is 1.78. The summed E-state index contributed by atoms with van der Waals surface area (Å²) in [6.45, 7) is 2.82. The van der Waals surface area contributed by atoms with E-state index in [1.165, 1.54) is 5.56 Å². The van der Waals surface area contributed by atoms with Crippen LogP contribution in [-0.4, -0.2) is 27.3 Å². The van der Waals surface area contributed by atoms with Crippen molar-refractivity contribution in [1.29, 1.82) is 0 Å². The summed E-state index contributed by atoms with van der Waals surface area (Å²) in [4.78, 5) is 12.1. The molecule has 3 rings (SSSR count). The smallest absolute Gasteiger partial charge is 0.213 e. The summed E-state index contributed by atoms with van der Waals surface area (Å²) < 4.78 is 5.59. The number of nitrogens with one attached hydrogen (secondary N) is 1. The molecule has 120 valence electrons. The Bertz CT molecular complexity index is 742. The lowest BCUT2D eigenvalue weighted by atomic mass is 10.2. The first kappa shape index (κ1) is 15.9. The van der Waals surface area contributed by atoms with Gasteiger partial charge < -0.3 is 9.72 Å². The molecule has 5 heteroatoms. The molecule has 2 heterocycles. The van der Waals surface area contributed by atoms with Crippen molar-refractivity contribution in [2.75, 3.05) is 12.4 Å². The van der Waals surface area contributed by atoms with Crippen molar-refractivity contribution in [2.45, 2.75) is 31.3 Å². The van der Waals surface area contributed by atoms with Crippen LogP contribution in [0, 0.1) is 6.92 Å². The van der Waals surface area contributed by atoms with Crippen LogP contribution in [0.4, 0.5) is 0 Å². The van der Waals surface area contributed by atoms with Crippen molar-refractivity contribution in [1.82, 2.24) is 15.0 Å². The number of benzene rings is 1. The fourth-order valence-corrected chi connectivity index (χ4v) is 3.21. The van der Waals surface area contributed by atoms with Crippen LogP contribution in [-0.2, 0) is 0 Å². The lowest BCUT2D eigenvalue weighted by Crippen LogP contribution is -1.98. The van der Waals surface area contributed by atoms with Crippen LogP contribution in [0.25, 0.3) is 11.0 Å². The molecular formula is C18H21N3OS. The van der Waals surface area contributed by atoms with Crippen molar-refractivity contribution >= 4 is 22.8 Å². The van der Waals surface area contributed by atoms with E-state index in [1.54, 1.807) is 18.0 Å². The van der Waals surface area contributed by atoms with Gasteiger partial charge in [0.1, 0.15) is 0 Å². The number of fused-ring (bicyclic) bond motifs is 1. The van der Waals surface area contributed by atoms with Crippen molar-refractivity contribution in [3.8, 4) is 5.88 Å². The number of H-pyrrole nitrogens is 1. The highest BCUT2D eigenvalue weighted by atomic mass is 32.2. The Labute approximate surface area is 140 Å². The first-order valence-corrected chi connectivity index (χ1v) is 8.93. The summed E-state index contributed by atoms with van der Waals surface area (Å²) in [6, 6.07) is 12.0. The topological polar surface area (TPSA) is 50.8 Å². The van der Waals surface area contributed by atoms with Crippen molar-refractivity contribution in [3.63, 3.8) is 0 Å². The minimum absolute atomic E-state index is 0.708. The number of unbranched alkanes of at least 4 members (excludes halogenated alkanes) is 2. The number of hydrogen-bond acceptors (Lipinski definition) is 4. The van der Waals surface area contributed by atoms with Gasteiger partial charge in [0.15, 0.2) is 5.16 Å². The number of hydrogen-bond donors (Lipinski definition) is 1. The monoisotopic (exact) mass is 327 g/mol. The van der Waals surface area contributed by atoms with E-state index in [4.69, 9.17) is 4.74 Å². The average molecular weight is 327 g/mol. The number of aromatic amines is 1. The molecule has 23 heavy (non-hydrogen) atoms. The second kappa shape index (κ2) is 8.02. The first-order chi connectivity index (χ1) is 11.3. The van der Waals surface area contributed by atoms with E-state index in [0.29, 0.717) is 5.88 Å². The zero-order valence-corrected chi connectivity index (χ0v) is 14.1. The van der Waals surface area contributed by atoms with Crippen LogP contribution in [0.5, 0.6) is 5.88 Å². The summed E-state index contributed by atoms with van der Waals surface area (Å²) >= 11 is 1.79. The number of thioether (sulfide) groups is 1. The Morgan fingerprint density at radius 2 is 2.09 bits per heavy atom. The second-order valence-corrected chi connectivity index (χ2v) is 6.57. The SMILES string of the molecule is Cc1ccc2[nH]c(SCCCCCOc3ccccn3)nc2c1. The maximum atomic E-state index is 5.59. The molecule has 1 N–H and O–H groups in total. The van der Waals surface area contributed by atoms with E-state index in [0.717, 1.165) is 47.8 Å². The van der Waals surface area contributed by atoms with Crippen LogP contribution in [0.15, 0.2) is 47.8 Å². The molecule has 0 bridgehead atoms. The highest BCUT2D eigenvalue weighted by Crippen LogP contribution is 2.21. The van der Waals surface area contributed by atoms with Crippen molar-refractivity contribution < 1.29 is 4.74 Å². The number of aromatic nitrogens is 3. The zero-order chi connectivity index (χ0) is 15.9. The Balaban J connectivity index is 1.33. The summed E-state index contributed by atoms with van der Waals surface area (Å²) in [7, 11) is 0. The zero-order valence-electron chi connectivity index (χ0n) is 13.3. The molecule has 0 saturated heterocycles. The van der Waals surface area contributed by atoms with E-state index in [-0.39, 0.29) is 0 Å². The van der Waals surface area contributed by atoms with E-state index in [2.05, 4.69) is 40.1 Å². The summed E-state index contributed by atoms with van der Waals surface area (Å²) in [5, 5.41) is 1.01. The second-order valence-electron chi connectivity index (χ2n) is 5.49. The van der Waals surface area contributed by atoms with Crippen LogP contribution >= 0.6 is 11.8 Å². The van der Waals surface area contributed by atoms with Gasteiger partial charge in [0.05, 0.1) is 17.6 Å². The molecule has 0 saturated carbocycles. The minimum Gasteiger partial charge on any atom is -0.478 e. The number of imidazole rings is 1. The van der Waals surface area contributed by atoms with E-state index >= 15 is 0 Å². The largest absolute Gasteiger partial charge is 0.478 e. The lowest BCUT2D eigenvalue weighted by molar-refractivity contribution is 0.295. The van der Waals surface area contributed by atoms with Crippen LogP contribution < -0.4 is 4.74 Å². The molecule has 0 amide bonds. The number of rotatable bonds is 8. The van der Waals surface area contributed by atoms with Crippen LogP contribution in [0.1, 0.15) is 24.8 Å². The van der Waals surface area contributed by atoms with Crippen LogP contribution in [0.2, 0.25) is 0 Å². The predicted molar refractivity (Wildman–Crippen MR) is 95.1 cm³/mol. The molecule has 1 aromatic carbocycles. The molecule has 0 spiro atoms. The lowest BCUT2D eigenvalue weighted by Gasteiger charge is -2.04. The number of nitrogens with zero attached hydrogens (tertiary/aromatic N) is 2. The maximum Gasteiger partial charge on any atom is 0.213 e. The Morgan fingerprint density at radius 3 is 2.96 bits per heavy atom. The predicted octanol–water partition coefficient (Wildman–Crippen LogP) is 4.61. The number of ether oxygens (including phenoxy) is 1. The van der Waals surface area contributed by atoms with Crippen molar-refractivity contribution in [3.05, 3.63) is 48.2 Å². The van der Waals surface area contributed by atoms with Gasteiger partial charge in [-0.3, -0.25) is 0 Å². The fraction of sp³-hybridized carbons (Fsp3) is 0.333. The van der Waals surface area contributed by atoms with Gasteiger partial charge in [-0.1, -0.05) is 23.9 Å². The molecule has 0 aliphatic rings. The van der Waals surface area contributed by atoms with Gasteiger partial charge in [-0.05, 0) is 49.9 Å². The molecular weight excluding hydrogens is 306 g/mol. The summed E-state index contributed by atoms with van der Waals surface area (Å²) in [6.07, 6.45) is 5.11. The molecule has 0 aliphatic heterocycles. The first-order valence-electron chi connectivity index (χ1n) is 7.94. The quantitative estimate of drug-likeness (QED) is 0.485. The number of pyridine rings is 1. The molecule has 0 fully saturated rings. The molecule has 0 unspecified atom stereocenters. The Morgan fingerprint density at radius 1 is 1.13 bits per heavy atom. The van der Waals surface area contributed by atoms with Crippen LogP contribution in [0.3, 0.4) is 0 Å². The third kappa shape index (κ3) is 4.73. The van der Waals surface area contributed by atoms with Gasteiger partial charge in [-0.15, -0.1) is 0 Å². The standard InChI is InChI=1S/C18H21N3OS/c1-14-8-9-15-16(13-14)21-18(20-15)23-12-6-2-5-11-22-17-7-3-4-10-19-17/h3-4,7-10,13H,2,5-6,11-12H2,1H3,(H,20,21). The number of aryl methyl sites for hydroxylation is 1. The average Bonchev–Trinajstić information content (AvgIpc) is 2.96. The Kier molecular flexibility index (Phi) is 5.53. The fourth-order valence-electron chi connectivity index (χ4n) is 2.32. The van der Waals surface area contributed by atoms with Gasteiger partial charge in [-0.25, -0.2) is 9.97 Å². The summed E-state index contributed by atoms with van der Waals surface area (Å²) in [5.41, 5.74) is 3.41.